The first-order chi connectivity index (χ1) is 17.1. The number of Topliss-reactive ketones (excluding diaryl/α,β-unsaturated/α-hetero) is 3. The lowest BCUT2D eigenvalue weighted by atomic mass is 9.90. The Balaban J connectivity index is 2.02. The highest BCUT2D eigenvalue weighted by Gasteiger charge is 2.28. The van der Waals surface area contributed by atoms with Crippen LogP contribution in [0.4, 0.5) is 13.2 Å². The van der Waals surface area contributed by atoms with E-state index < -0.39 is 34.1 Å². The van der Waals surface area contributed by atoms with E-state index in [-0.39, 0.29) is 34.0 Å². The fourth-order valence-corrected chi connectivity index (χ4v) is 4.04. The van der Waals surface area contributed by atoms with Gasteiger partial charge in [0.1, 0.15) is 17.5 Å². The number of carbonyl (C=O) groups is 3. The van der Waals surface area contributed by atoms with Crippen molar-refractivity contribution in [2.45, 2.75) is 20.8 Å². The first-order valence-electron chi connectivity index (χ1n) is 11.1. The Morgan fingerprint density at radius 1 is 0.417 bits per heavy atom. The molecule has 0 aliphatic rings. The van der Waals surface area contributed by atoms with Crippen molar-refractivity contribution in [1.29, 1.82) is 0 Å². The van der Waals surface area contributed by atoms with Crippen molar-refractivity contribution in [3.8, 4) is 33.4 Å². The van der Waals surface area contributed by atoms with Crippen LogP contribution in [0.25, 0.3) is 33.4 Å². The van der Waals surface area contributed by atoms with Crippen LogP contribution in [0, 0.1) is 17.5 Å². The molecule has 0 spiro atoms. The number of benzene rings is 4. The van der Waals surface area contributed by atoms with Gasteiger partial charge in [0.25, 0.3) is 0 Å². The van der Waals surface area contributed by atoms with Crippen molar-refractivity contribution in [3.05, 3.63) is 107 Å². The lowest BCUT2D eigenvalue weighted by Gasteiger charge is -2.17. The van der Waals surface area contributed by atoms with Gasteiger partial charge in [0.2, 0.25) is 0 Å². The molecule has 0 aliphatic carbocycles. The van der Waals surface area contributed by atoms with E-state index in [1.54, 1.807) is 0 Å². The van der Waals surface area contributed by atoms with Crippen LogP contribution in [0.1, 0.15) is 51.8 Å². The predicted octanol–water partition coefficient (Wildman–Crippen LogP) is 7.71. The molecule has 0 N–H and O–H groups in total. The maximum atomic E-state index is 15.9. The van der Waals surface area contributed by atoms with Crippen LogP contribution in [0.15, 0.2) is 72.8 Å². The molecule has 0 saturated carbocycles. The molecule has 0 unspecified atom stereocenters. The Bertz CT molecular complexity index is 1300. The summed E-state index contributed by atoms with van der Waals surface area (Å²) in [6, 6.07) is 17.1. The minimum Gasteiger partial charge on any atom is -0.295 e. The van der Waals surface area contributed by atoms with Gasteiger partial charge >= 0.3 is 0 Å². The second-order valence-electron chi connectivity index (χ2n) is 8.47. The second-order valence-corrected chi connectivity index (χ2v) is 8.47. The molecule has 0 saturated heterocycles. The highest BCUT2D eigenvalue weighted by atomic mass is 19.1. The SMILES string of the molecule is CC(=O)c1ccc(-c2c(F)c(-c3ccc(C(C)=O)cc3)c(F)c(-c3ccc(C(C)=O)cc3)c2F)cc1. The summed E-state index contributed by atoms with van der Waals surface area (Å²) in [6.45, 7) is 4.12. The van der Waals surface area contributed by atoms with E-state index in [1.165, 1.54) is 93.6 Å². The fraction of sp³-hybridized carbons (Fsp3) is 0.100. The number of rotatable bonds is 6. The van der Waals surface area contributed by atoms with E-state index in [9.17, 15) is 14.4 Å². The van der Waals surface area contributed by atoms with E-state index in [4.69, 9.17) is 0 Å². The van der Waals surface area contributed by atoms with Gasteiger partial charge in [0, 0.05) is 16.7 Å². The molecule has 0 bridgehead atoms. The molecule has 0 fully saturated rings. The van der Waals surface area contributed by atoms with Gasteiger partial charge in [-0.25, -0.2) is 13.2 Å². The van der Waals surface area contributed by atoms with Gasteiger partial charge in [-0.05, 0) is 37.5 Å². The summed E-state index contributed by atoms with van der Waals surface area (Å²) in [5.41, 5.74) is 0.0910. The third-order valence-electron chi connectivity index (χ3n) is 6.06. The molecule has 6 heteroatoms. The van der Waals surface area contributed by atoms with Crippen LogP contribution >= 0.6 is 0 Å². The van der Waals surface area contributed by atoms with Crippen molar-refractivity contribution in [2.24, 2.45) is 0 Å². The van der Waals surface area contributed by atoms with E-state index >= 15 is 13.2 Å². The number of hydrogen-bond acceptors (Lipinski definition) is 3. The molecule has 4 rings (SSSR count). The molecule has 0 aliphatic heterocycles. The van der Waals surface area contributed by atoms with Gasteiger partial charge in [0.05, 0.1) is 16.7 Å². The standard InChI is InChI=1S/C30H21F3O3/c1-16(34)19-4-10-22(11-5-19)25-28(31)26(23-12-6-20(7-13-23)17(2)35)30(33)27(29(25)32)24-14-8-21(9-15-24)18(3)36/h4-15H,1-3H3. The smallest absolute Gasteiger partial charge is 0.159 e. The number of carbonyl (C=O) groups excluding carboxylic acids is 3. The Morgan fingerprint density at radius 2 is 0.611 bits per heavy atom. The molecule has 0 atom stereocenters. The summed E-state index contributed by atoms with van der Waals surface area (Å²) in [5, 5.41) is 0. The first-order valence-corrected chi connectivity index (χ1v) is 11.1. The Kier molecular flexibility index (Phi) is 6.71. The Morgan fingerprint density at radius 3 is 0.778 bits per heavy atom. The van der Waals surface area contributed by atoms with Crippen molar-refractivity contribution < 1.29 is 27.6 Å². The van der Waals surface area contributed by atoms with Crippen molar-refractivity contribution in [3.63, 3.8) is 0 Å². The van der Waals surface area contributed by atoms with Gasteiger partial charge in [-0.3, -0.25) is 14.4 Å². The summed E-state index contributed by atoms with van der Waals surface area (Å²) < 4.78 is 47.7. The first kappa shape index (κ1) is 24.8. The highest BCUT2D eigenvalue weighted by Crippen LogP contribution is 2.42. The van der Waals surface area contributed by atoms with Crippen molar-refractivity contribution in [1.82, 2.24) is 0 Å². The molecule has 0 radical (unpaired) electrons. The second kappa shape index (κ2) is 9.74. The normalized spacial score (nSPS) is 10.8. The summed E-state index contributed by atoms with van der Waals surface area (Å²) in [7, 11) is 0. The van der Waals surface area contributed by atoms with Crippen LogP contribution in [0.5, 0.6) is 0 Å². The number of hydrogen-bond donors (Lipinski definition) is 0. The summed E-state index contributed by atoms with van der Waals surface area (Å²) in [4.78, 5) is 35.0. The Hall–Kier alpha value is -4.32. The van der Waals surface area contributed by atoms with Gasteiger partial charge in [-0.2, -0.15) is 0 Å². The molecule has 4 aromatic rings. The van der Waals surface area contributed by atoms with E-state index in [2.05, 4.69) is 0 Å². The van der Waals surface area contributed by atoms with Crippen molar-refractivity contribution in [2.75, 3.05) is 0 Å². The number of ketones is 3. The molecule has 36 heavy (non-hydrogen) atoms. The van der Waals surface area contributed by atoms with Crippen LogP contribution < -0.4 is 0 Å². The Labute approximate surface area is 206 Å². The summed E-state index contributed by atoms with van der Waals surface area (Å²) in [6.07, 6.45) is 0. The average Bonchev–Trinajstić information content (AvgIpc) is 2.85. The third-order valence-corrected chi connectivity index (χ3v) is 6.06. The largest absolute Gasteiger partial charge is 0.295 e. The lowest BCUT2D eigenvalue weighted by molar-refractivity contribution is 0.100. The monoisotopic (exact) mass is 486 g/mol. The maximum Gasteiger partial charge on any atom is 0.159 e. The zero-order valence-electron chi connectivity index (χ0n) is 19.8. The molecule has 180 valence electrons. The van der Waals surface area contributed by atoms with Crippen LogP contribution in [0.3, 0.4) is 0 Å². The fourth-order valence-electron chi connectivity index (χ4n) is 4.04. The van der Waals surface area contributed by atoms with Gasteiger partial charge < -0.3 is 0 Å². The quantitative estimate of drug-likeness (QED) is 0.262. The summed E-state index contributed by atoms with van der Waals surface area (Å²) >= 11 is 0. The molecule has 0 aromatic heterocycles. The van der Waals surface area contributed by atoms with Crippen molar-refractivity contribution >= 4 is 17.3 Å². The number of halogens is 3. The van der Waals surface area contributed by atoms with E-state index in [0.29, 0.717) is 16.7 Å². The summed E-state index contributed by atoms with van der Waals surface area (Å²) in [5.74, 6) is -3.96. The topological polar surface area (TPSA) is 51.2 Å². The molecule has 0 heterocycles. The minimum atomic E-state index is -1.11. The van der Waals surface area contributed by atoms with E-state index in [0.717, 1.165) is 0 Å². The zero-order chi connectivity index (χ0) is 26.1. The van der Waals surface area contributed by atoms with Crippen LogP contribution in [-0.4, -0.2) is 17.3 Å². The molecule has 3 nitrogen and oxygen atoms in total. The lowest BCUT2D eigenvalue weighted by Crippen LogP contribution is -2.04. The highest BCUT2D eigenvalue weighted by molar-refractivity contribution is 5.96. The van der Waals surface area contributed by atoms with Gasteiger partial charge in [-0.1, -0.05) is 72.8 Å². The maximum absolute atomic E-state index is 15.9. The third kappa shape index (κ3) is 4.50. The van der Waals surface area contributed by atoms with Crippen LogP contribution in [0.2, 0.25) is 0 Å². The van der Waals surface area contributed by atoms with Crippen LogP contribution in [-0.2, 0) is 0 Å². The van der Waals surface area contributed by atoms with E-state index in [1.807, 2.05) is 0 Å². The minimum absolute atomic E-state index is 0.123. The average molecular weight is 486 g/mol. The molecular weight excluding hydrogens is 465 g/mol. The molecule has 0 amide bonds. The molecule has 4 aromatic carbocycles. The van der Waals surface area contributed by atoms with Gasteiger partial charge in [-0.15, -0.1) is 0 Å². The zero-order valence-corrected chi connectivity index (χ0v) is 19.8. The molecular formula is C30H21F3O3. The predicted molar refractivity (Wildman–Crippen MR) is 133 cm³/mol. The van der Waals surface area contributed by atoms with Gasteiger partial charge in [0.15, 0.2) is 17.3 Å².